The normalized spacial score (nSPS) is 11.8. The summed E-state index contributed by atoms with van der Waals surface area (Å²) in [6, 6.07) is 13.8. The minimum absolute atomic E-state index is 0.109. The molecule has 3 rings (SSSR count). The van der Waals surface area contributed by atoms with Gasteiger partial charge in [0.1, 0.15) is 0 Å². The van der Waals surface area contributed by atoms with E-state index in [2.05, 4.69) is 10.6 Å². The summed E-state index contributed by atoms with van der Waals surface area (Å²) in [5.41, 5.74) is 1.10. The number of rotatable bonds is 4. The van der Waals surface area contributed by atoms with Gasteiger partial charge in [-0.2, -0.15) is 0 Å². The van der Waals surface area contributed by atoms with Crippen molar-refractivity contribution in [3.63, 3.8) is 0 Å². The van der Waals surface area contributed by atoms with Crippen molar-refractivity contribution in [1.82, 2.24) is 5.32 Å². The average Bonchev–Trinajstić information content (AvgIpc) is 3.01. The molecule has 2 N–H and O–H groups in total. The largest absolute Gasteiger partial charge is 0.454 e. The second-order valence-corrected chi connectivity index (χ2v) is 4.66. The van der Waals surface area contributed by atoms with Crippen LogP contribution in [-0.4, -0.2) is 25.2 Å². The first kappa shape index (κ1) is 13.9. The molecule has 0 radical (unpaired) electrons. The van der Waals surface area contributed by atoms with Gasteiger partial charge in [0.05, 0.1) is 6.54 Å². The van der Waals surface area contributed by atoms with E-state index in [1.54, 1.807) is 42.5 Å². The molecule has 2 aromatic rings. The second kappa shape index (κ2) is 6.17. The minimum atomic E-state index is -0.317. The van der Waals surface area contributed by atoms with E-state index in [0.29, 0.717) is 22.7 Å². The summed E-state index contributed by atoms with van der Waals surface area (Å²) in [7, 11) is 0. The lowest BCUT2D eigenvalue weighted by Crippen LogP contribution is -2.32. The predicted molar refractivity (Wildman–Crippen MR) is 80.0 cm³/mol. The number of amides is 2. The lowest BCUT2D eigenvalue weighted by molar-refractivity contribution is -0.115. The zero-order chi connectivity index (χ0) is 15.4. The minimum Gasteiger partial charge on any atom is -0.454 e. The highest BCUT2D eigenvalue weighted by atomic mass is 16.7. The molecule has 6 heteroatoms. The van der Waals surface area contributed by atoms with Crippen LogP contribution >= 0.6 is 0 Å². The SMILES string of the molecule is O=C(CNC(=O)c1ccccc1)Nc1ccc2c(c1)OCO2. The van der Waals surface area contributed by atoms with Gasteiger partial charge in [0.25, 0.3) is 5.91 Å². The monoisotopic (exact) mass is 298 g/mol. The lowest BCUT2D eigenvalue weighted by Gasteiger charge is -2.07. The second-order valence-electron chi connectivity index (χ2n) is 4.66. The van der Waals surface area contributed by atoms with Crippen LogP contribution in [0.2, 0.25) is 0 Å². The lowest BCUT2D eigenvalue weighted by atomic mass is 10.2. The fourth-order valence-corrected chi connectivity index (χ4v) is 2.03. The molecule has 6 nitrogen and oxygen atoms in total. The van der Waals surface area contributed by atoms with Crippen molar-refractivity contribution >= 4 is 17.5 Å². The van der Waals surface area contributed by atoms with Crippen LogP contribution in [0.25, 0.3) is 0 Å². The van der Waals surface area contributed by atoms with Crippen LogP contribution in [0.1, 0.15) is 10.4 Å². The summed E-state index contributed by atoms with van der Waals surface area (Å²) in [5.74, 6) is 0.631. The molecule has 1 heterocycles. The van der Waals surface area contributed by atoms with Crippen molar-refractivity contribution in [3.8, 4) is 11.5 Å². The summed E-state index contributed by atoms with van der Waals surface area (Å²) in [4.78, 5) is 23.7. The van der Waals surface area contributed by atoms with Crippen molar-refractivity contribution in [2.45, 2.75) is 0 Å². The van der Waals surface area contributed by atoms with E-state index in [1.165, 1.54) is 0 Å². The van der Waals surface area contributed by atoms with Crippen molar-refractivity contribution in [2.75, 3.05) is 18.7 Å². The van der Waals surface area contributed by atoms with Crippen LogP contribution < -0.4 is 20.1 Å². The summed E-state index contributed by atoms with van der Waals surface area (Å²) < 4.78 is 10.4. The summed E-state index contributed by atoms with van der Waals surface area (Å²) >= 11 is 0. The Morgan fingerprint density at radius 2 is 1.77 bits per heavy atom. The van der Waals surface area contributed by atoms with Gasteiger partial charge in [-0.05, 0) is 24.3 Å². The van der Waals surface area contributed by atoms with Gasteiger partial charge in [-0.15, -0.1) is 0 Å². The summed E-state index contributed by atoms with van der Waals surface area (Å²) in [6.45, 7) is 0.0715. The number of benzene rings is 2. The van der Waals surface area contributed by atoms with E-state index in [0.717, 1.165) is 0 Å². The maximum atomic E-state index is 11.9. The molecule has 0 aliphatic carbocycles. The molecule has 0 spiro atoms. The maximum Gasteiger partial charge on any atom is 0.251 e. The van der Waals surface area contributed by atoms with Crippen molar-refractivity contribution in [1.29, 1.82) is 0 Å². The number of nitrogens with one attached hydrogen (secondary N) is 2. The quantitative estimate of drug-likeness (QED) is 0.902. The van der Waals surface area contributed by atoms with E-state index in [4.69, 9.17) is 9.47 Å². The third kappa shape index (κ3) is 3.17. The molecule has 0 fully saturated rings. The number of hydrogen-bond donors (Lipinski definition) is 2. The number of anilines is 1. The Morgan fingerprint density at radius 3 is 2.59 bits per heavy atom. The molecule has 0 bridgehead atoms. The Bertz CT molecular complexity index is 701. The Hall–Kier alpha value is -3.02. The van der Waals surface area contributed by atoms with Crippen molar-refractivity contribution < 1.29 is 19.1 Å². The number of carbonyl (C=O) groups is 2. The third-order valence-electron chi connectivity index (χ3n) is 3.10. The molecule has 112 valence electrons. The van der Waals surface area contributed by atoms with Crippen LogP contribution in [0.15, 0.2) is 48.5 Å². The standard InChI is InChI=1S/C16H14N2O4/c19-15(9-17-16(20)11-4-2-1-3-5-11)18-12-6-7-13-14(8-12)22-10-21-13/h1-8H,9-10H2,(H,17,20)(H,18,19). The molecule has 0 atom stereocenters. The van der Waals surface area contributed by atoms with Crippen LogP contribution in [0.5, 0.6) is 11.5 Å². The first-order valence-corrected chi connectivity index (χ1v) is 6.75. The predicted octanol–water partition coefficient (Wildman–Crippen LogP) is 1.78. The maximum absolute atomic E-state index is 11.9. The van der Waals surface area contributed by atoms with Gasteiger partial charge in [0, 0.05) is 17.3 Å². The van der Waals surface area contributed by atoms with Gasteiger partial charge in [-0.25, -0.2) is 0 Å². The molecule has 22 heavy (non-hydrogen) atoms. The van der Waals surface area contributed by atoms with Crippen molar-refractivity contribution in [2.24, 2.45) is 0 Å². The van der Waals surface area contributed by atoms with Gasteiger partial charge < -0.3 is 20.1 Å². The molecule has 2 amide bonds. The van der Waals surface area contributed by atoms with Gasteiger partial charge >= 0.3 is 0 Å². The molecule has 1 aliphatic rings. The Kier molecular flexibility index (Phi) is 3.91. The topological polar surface area (TPSA) is 76.7 Å². The molecule has 0 aromatic heterocycles. The van der Waals surface area contributed by atoms with Crippen LogP contribution in [-0.2, 0) is 4.79 Å². The Morgan fingerprint density at radius 1 is 1.00 bits per heavy atom. The summed E-state index contributed by atoms with van der Waals surface area (Å²) in [5, 5.41) is 5.25. The molecule has 0 saturated heterocycles. The van der Waals surface area contributed by atoms with Gasteiger partial charge in [0.2, 0.25) is 12.7 Å². The number of hydrogen-bond acceptors (Lipinski definition) is 4. The Labute approximate surface area is 127 Å². The zero-order valence-corrected chi connectivity index (χ0v) is 11.7. The fourth-order valence-electron chi connectivity index (χ4n) is 2.03. The number of ether oxygens (including phenoxy) is 2. The van der Waals surface area contributed by atoms with Crippen molar-refractivity contribution in [3.05, 3.63) is 54.1 Å². The van der Waals surface area contributed by atoms with E-state index in [9.17, 15) is 9.59 Å². The molecule has 1 aliphatic heterocycles. The van der Waals surface area contributed by atoms with E-state index >= 15 is 0 Å². The first-order valence-electron chi connectivity index (χ1n) is 6.75. The molecule has 0 unspecified atom stereocenters. The highest BCUT2D eigenvalue weighted by Crippen LogP contribution is 2.34. The number of fused-ring (bicyclic) bond motifs is 1. The Balaban J connectivity index is 1.53. The smallest absolute Gasteiger partial charge is 0.251 e. The van der Waals surface area contributed by atoms with Gasteiger partial charge in [-0.3, -0.25) is 9.59 Å². The van der Waals surface area contributed by atoms with E-state index in [-0.39, 0.29) is 25.2 Å². The highest BCUT2D eigenvalue weighted by molar-refractivity contribution is 5.99. The molecule has 2 aromatic carbocycles. The highest BCUT2D eigenvalue weighted by Gasteiger charge is 2.14. The zero-order valence-electron chi connectivity index (χ0n) is 11.7. The summed E-state index contributed by atoms with van der Waals surface area (Å²) in [6.07, 6.45) is 0. The van der Waals surface area contributed by atoms with Crippen LogP contribution in [0.4, 0.5) is 5.69 Å². The van der Waals surface area contributed by atoms with Gasteiger partial charge in [-0.1, -0.05) is 18.2 Å². The molecule has 0 saturated carbocycles. The van der Waals surface area contributed by atoms with Gasteiger partial charge in [0.15, 0.2) is 11.5 Å². The first-order chi connectivity index (χ1) is 10.7. The van der Waals surface area contributed by atoms with E-state index < -0.39 is 0 Å². The fraction of sp³-hybridized carbons (Fsp3) is 0.125. The molecular formula is C16H14N2O4. The molecular weight excluding hydrogens is 284 g/mol. The van der Waals surface area contributed by atoms with Crippen LogP contribution in [0.3, 0.4) is 0 Å². The van der Waals surface area contributed by atoms with E-state index in [1.807, 2.05) is 6.07 Å². The number of carbonyl (C=O) groups excluding carboxylic acids is 2. The third-order valence-corrected chi connectivity index (χ3v) is 3.10. The average molecular weight is 298 g/mol. The van der Waals surface area contributed by atoms with Crippen LogP contribution in [0, 0.1) is 0 Å².